The van der Waals surface area contributed by atoms with E-state index in [2.05, 4.69) is 26.8 Å². The molecule has 0 aromatic rings. The van der Waals surface area contributed by atoms with E-state index >= 15 is 0 Å². The molecule has 0 aromatic carbocycles. The SMILES string of the molecule is CC=C(C)C(=O)OC1C(OC(=O)C(C)=CC)C2(CO)C(O)CC3(C)C(=CCC4C5(C)CCC(OC6OC(C(=O)O)C(O)C(OC7OC(CO)C(O)C7O)C6OC6OC(CO)C(O)C6O)C(C)(CO)C5CCC43C)C2CC1(C)C. The molecule has 7 fully saturated rings. The molecule has 22 heteroatoms. The predicted molar refractivity (Wildman–Crippen MR) is 271 cm³/mol. The average molecular weight is 1110 g/mol. The normalized spacial score (nSPS) is 49.2. The van der Waals surface area contributed by atoms with Crippen LogP contribution in [0.15, 0.2) is 34.9 Å². The van der Waals surface area contributed by atoms with Crippen LogP contribution >= 0.6 is 0 Å². The van der Waals surface area contributed by atoms with Crippen LogP contribution in [0.5, 0.6) is 0 Å². The molecule has 3 aliphatic heterocycles. The smallest absolute Gasteiger partial charge is 0.335 e. The number of carboxylic acid groups (broad SMARTS) is 1. The van der Waals surface area contributed by atoms with E-state index in [1.165, 1.54) is 0 Å². The van der Waals surface area contributed by atoms with Crippen molar-refractivity contribution in [3.8, 4) is 0 Å². The van der Waals surface area contributed by atoms with E-state index in [1.54, 1.807) is 39.8 Å². The Labute approximate surface area is 455 Å². The first-order valence-corrected chi connectivity index (χ1v) is 27.6. The molecule has 0 bridgehead atoms. The third-order valence-electron chi connectivity index (χ3n) is 21.0. The molecule has 25 unspecified atom stereocenters. The van der Waals surface area contributed by atoms with E-state index in [0.29, 0.717) is 43.3 Å². The molecule has 8 rings (SSSR count). The highest BCUT2D eigenvalue weighted by Crippen LogP contribution is 2.76. The zero-order valence-electron chi connectivity index (χ0n) is 46.5. The van der Waals surface area contributed by atoms with Gasteiger partial charge in [-0.15, -0.1) is 0 Å². The minimum atomic E-state index is -2.10. The van der Waals surface area contributed by atoms with Gasteiger partial charge in [-0.3, -0.25) is 0 Å². The number of carbonyl (C=O) groups excluding carboxylic acids is 2. The topological polar surface area (TPSA) is 348 Å². The number of carboxylic acids is 1. The van der Waals surface area contributed by atoms with E-state index in [9.17, 15) is 70.6 Å². The Bertz CT molecular complexity index is 2320. The minimum Gasteiger partial charge on any atom is -0.479 e. The second kappa shape index (κ2) is 22.3. The second-order valence-corrected chi connectivity index (χ2v) is 25.3. The molecule has 8 aliphatic rings. The van der Waals surface area contributed by atoms with Gasteiger partial charge in [-0.1, -0.05) is 65.3 Å². The molecule has 11 N–H and O–H groups in total. The fourth-order valence-corrected chi connectivity index (χ4v) is 16.0. The van der Waals surface area contributed by atoms with Gasteiger partial charge >= 0.3 is 17.9 Å². The van der Waals surface area contributed by atoms with Gasteiger partial charge in [-0.05, 0) is 107 Å². The lowest BCUT2D eigenvalue weighted by molar-refractivity contribution is -0.369. The van der Waals surface area contributed by atoms with Gasteiger partial charge in [0.2, 0.25) is 0 Å². The first-order valence-electron chi connectivity index (χ1n) is 27.6. The number of rotatable bonds is 15. The monoisotopic (exact) mass is 1110 g/mol. The van der Waals surface area contributed by atoms with Crippen molar-refractivity contribution in [3.05, 3.63) is 34.9 Å². The first kappa shape index (κ1) is 61.1. The summed E-state index contributed by atoms with van der Waals surface area (Å²) in [6, 6.07) is 0. The summed E-state index contributed by atoms with van der Waals surface area (Å²) in [6.07, 6.45) is -18.5. The standard InChI is InChI=1S/C56H86O22/c1-11-25(3)46(69)77-43-44(78-47(70)26(4)12-2)56(24-60)28(19-51(43,5)6)27-13-14-32-52(7)17-16-34(53(8,23-59)31(52)15-18-54(32,9)55(27,10)20-33(56)61)73-50-42(76-49-38(65)36(63)30(22-58)72-49)40(39(66)41(75-50)45(67)68)74-48-37(64)35(62)29(21-57)71-48/h11-13,28-44,48-50,57-66H,14-24H2,1-10H3,(H,67,68). The van der Waals surface area contributed by atoms with Gasteiger partial charge in [-0.2, -0.15) is 0 Å². The zero-order chi connectivity index (χ0) is 57.6. The molecule has 0 radical (unpaired) electrons. The van der Waals surface area contributed by atoms with Gasteiger partial charge in [0.1, 0.15) is 61.0 Å². The quantitative estimate of drug-likeness (QED) is 0.0470. The van der Waals surface area contributed by atoms with Gasteiger partial charge in [0.05, 0.1) is 44.1 Å². The fourth-order valence-electron chi connectivity index (χ4n) is 16.0. The molecule has 5 aliphatic carbocycles. The predicted octanol–water partition coefficient (Wildman–Crippen LogP) is 0.903. The number of hydrogen-bond donors (Lipinski definition) is 11. The summed E-state index contributed by atoms with van der Waals surface area (Å²) >= 11 is 0. The van der Waals surface area contributed by atoms with Crippen LogP contribution in [0, 0.1) is 50.2 Å². The maximum absolute atomic E-state index is 13.8. The number of carbonyl (C=O) groups is 3. The van der Waals surface area contributed by atoms with E-state index in [1.807, 2.05) is 20.8 Å². The molecule has 0 aromatic heterocycles. The minimum absolute atomic E-state index is 0.0626. The van der Waals surface area contributed by atoms with Crippen molar-refractivity contribution in [2.45, 2.75) is 219 Å². The van der Waals surface area contributed by atoms with Crippen LogP contribution < -0.4 is 0 Å². The molecular formula is C56H86O22. The number of aliphatic carboxylic acids is 1. The Morgan fingerprint density at radius 2 is 1.21 bits per heavy atom. The third kappa shape index (κ3) is 9.55. The summed E-state index contributed by atoms with van der Waals surface area (Å²) in [6.45, 7) is 16.7. The van der Waals surface area contributed by atoms with Gasteiger partial charge in [0, 0.05) is 22.0 Å². The third-order valence-corrected chi connectivity index (χ3v) is 21.0. The Morgan fingerprint density at radius 3 is 1.71 bits per heavy atom. The highest BCUT2D eigenvalue weighted by Gasteiger charge is 2.74. The van der Waals surface area contributed by atoms with Crippen molar-refractivity contribution >= 4 is 17.9 Å². The maximum atomic E-state index is 13.8. The number of esters is 2. The zero-order valence-corrected chi connectivity index (χ0v) is 46.5. The molecule has 78 heavy (non-hydrogen) atoms. The molecule has 0 amide bonds. The Hall–Kier alpha value is -3.01. The van der Waals surface area contributed by atoms with E-state index < -0.39 is 187 Å². The summed E-state index contributed by atoms with van der Waals surface area (Å²) in [4.78, 5) is 40.2. The van der Waals surface area contributed by atoms with E-state index in [4.69, 9.17) is 37.9 Å². The van der Waals surface area contributed by atoms with E-state index in [0.717, 1.165) is 5.57 Å². The van der Waals surface area contributed by atoms with Gasteiger partial charge in [0.15, 0.2) is 31.1 Å². The van der Waals surface area contributed by atoms with Crippen molar-refractivity contribution in [3.63, 3.8) is 0 Å². The molecule has 3 saturated heterocycles. The number of aliphatic hydroxyl groups excluding tert-OH is 10. The molecule has 22 nitrogen and oxygen atoms in total. The summed E-state index contributed by atoms with van der Waals surface area (Å²) in [5, 5.41) is 121. The Morgan fingerprint density at radius 1 is 0.654 bits per heavy atom. The summed E-state index contributed by atoms with van der Waals surface area (Å²) < 4.78 is 48.9. The van der Waals surface area contributed by atoms with Crippen molar-refractivity contribution < 1.29 is 108 Å². The number of allylic oxidation sites excluding steroid dienone is 4. The van der Waals surface area contributed by atoms with Gasteiger partial charge in [0.25, 0.3) is 0 Å². The largest absolute Gasteiger partial charge is 0.479 e. The molecule has 442 valence electrons. The summed E-state index contributed by atoms with van der Waals surface area (Å²) in [7, 11) is 0. The molecule has 0 spiro atoms. The highest BCUT2D eigenvalue weighted by atomic mass is 16.8. The van der Waals surface area contributed by atoms with Crippen LogP contribution in [0.1, 0.15) is 114 Å². The Balaban J connectivity index is 1.13. The van der Waals surface area contributed by atoms with Gasteiger partial charge in [-0.25, -0.2) is 14.4 Å². The number of aliphatic hydroxyl groups is 10. The second-order valence-electron chi connectivity index (χ2n) is 25.3. The summed E-state index contributed by atoms with van der Waals surface area (Å²) in [5.74, 6) is -3.75. The molecule has 3 heterocycles. The summed E-state index contributed by atoms with van der Waals surface area (Å²) in [5.41, 5.74) is -3.39. The molecular weight excluding hydrogens is 1020 g/mol. The number of fused-ring (bicyclic) bond motifs is 7. The van der Waals surface area contributed by atoms with Crippen molar-refractivity contribution in [1.82, 2.24) is 0 Å². The van der Waals surface area contributed by atoms with Gasteiger partial charge < -0.3 is 94.1 Å². The number of ether oxygens (including phenoxy) is 8. The lowest BCUT2D eigenvalue weighted by atomic mass is 9.33. The van der Waals surface area contributed by atoms with Crippen LogP contribution in [0.3, 0.4) is 0 Å². The first-order chi connectivity index (χ1) is 36.5. The average Bonchev–Trinajstić information content (AvgIpc) is 3.98. The highest BCUT2D eigenvalue weighted by molar-refractivity contribution is 5.89. The Kier molecular flexibility index (Phi) is 17.4. The van der Waals surface area contributed by atoms with Crippen LogP contribution in [0.2, 0.25) is 0 Å². The fraction of sp³-hybridized carbons (Fsp3) is 0.839. The van der Waals surface area contributed by atoms with Crippen LogP contribution in [0.25, 0.3) is 0 Å². The van der Waals surface area contributed by atoms with Crippen molar-refractivity contribution in [1.29, 1.82) is 0 Å². The van der Waals surface area contributed by atoms with E-state index in [-0.39, 0.29) is 24.7 Å². The molecule has 4 saturated carbocycles. The van der Waals surface area contributed by atoms with Crippen molar-refractivity contribution in [2.75, 3.05) is 26.4 Å². The lowest BCUT2D eigenvalue weighted by Gasteiger charge is -2.72. The number of hydrogen-bond acceptors (Lipinski definition) is 21. The van der Waals surface area contributed by atoms with Crippen LogP contribution in [0.4, 0.5) is 0 Å². The van der Waals surface area contributed by atoms with Crippen molar-refractivity contribution in [2.24, 2.45) is 50.2 Å². The van der Waals surface area contributed by atoms with Crippen LogP contribution in [-0.2, 0) is 52.3 Å². The molecule has 25 atom stereocenters. The lowest BCUT2D eigenvalue weighted by Crippen LogP contribution is -2.72. The van der Waals surface area contributed by atoms with Crippen LogP contribution in [-0.4, -0.2) is 205 Å². The maximum Gasteiger partial charge on any atom is 0.335 e.